The van der Waals surface area contributed by atoms with Gasteiger partial charge in [0.25, 0.3) is 0 Å². The van der Waals surface area contributed by atoms with Crippen LogP contribution in [0.25, 0.3) is 0 Å². The van der Waals surface area contributed by atoms with Crippen molar-refractivity contribution in [2.24, 2.45) is 5.92 Å². The summed E-state index contributed by atoms with van der Waals surface area (Å²) in [5.41, 5.74) is 1.33. The lowest BCUT2D eigenvalue weighted by Gasteiger charge is -2.32. The standard InChI is InChI=1S/C18H23FN4O2S/c1-14-5-6-18(22-21-14)23-9-7-15(8-10-23)12-20-26(24,25)13-16-3-2-4-17(19)11-16/h2-6,11,15,20H,7-10,12-13H2,1H3. The summed E-state index contributed by atoms with van der Waals surface area (Å²) in [5.74, 6) is 0.514. The summed E-state index contributed by atoms with van der Waals surface area (Å²) in [6, 6.07) is 9.59. The lowest BCUT2D eigenvalue weighted by molar-refractivity contribution is 0.400. The average molecular weight is 378 g/mol. The van der Waals surface area contributed by atoms with Crippen molar-refractivity contribution in [3.8, 4) is 0 Å². The molecule has 2 heterocycles. The molecule has 1 N–H and O–H groups in total. The molecule has 6 nitrogen and oxygen atoms in total. The third kappa shape index (κ3) is 5.22. The van der Waals surface area contributed by atoms with Crippen LogP contribution in [0.15, 0.2) is 36.4 Å². The number of nitrogens with zero attached hydrogens (tertiary/aromatic N) is 3. The zero-order chi connectivity index (χ0) is 18.6. The van der Waals surface area contributed by atoms with E-state index in [1.54, 1.807) is 6.07 Å². The largest absolute Gasteiger partial charge is 0.355 e. The van der Waals surface area contributed by atoms with Crippen molar-refractivity contribution in [3.63, 3.8) is 0 Å². The molecule has 0 unspecified atom stereocenters. The average Bonchev–Trinajstić information content (AvgIpc) is 2.61. The van der Waals surface area contributed by atoms with E-state index in [0.717, 1.165) is 37.4 Å². The Labute approximate surface area is 153 Å². The SMILES string of the molecule is Cc1ccc(N2CCC(CNS(=O)(=O)Cc3cccc(F)c3)CC2)nn1. The van der Waals surface area contributed by atoms with E-state index in [0.29, 0.717) is 12.1 Å². The van der Waals surface area contributed by atoms with E-state index in [-0.39, 0.29) is 11.7 Å². The van der Waals surface area contributed by atoms with Crippen molar-refractivity contribution in [1.29, 1.82) is 0 Å². The second-order valence-electron chi connectivity index (χ2n) is 6.70. The summed E-state index contributed by atoms with van der Waals surface area (Å²) in [6.45, 7) is 3.96. The Hall–Kier alpha value is -2.06. The van der Waals surface area contributed by atoms with E-state index in [1.165, 1.54) is 18.2 Å². The Kier molecular flexibility index (Phi) is 5.83. The van der Waals surface area contributed by atoms with Gasteiger partial charge in [-0.25, -0.2) is 17.5 Å². The first kappa shape index (κ1) is 18.7. The van der Waals surface area contributed by atoms with Crippen LogP contribution in [-0.4, -0.2) is 38.2 Å². The second-order valence-corrected chi connectivity index (χ2v) is 8.51. The molecule has 26 heavy (non-hydrogen) atoms. The molecule has 1 aromatic carbocycles. The number of halogens is 1. The summed E-state index contributed by atoms with van der Waals surface area (Å²) < 4.78 is 40.3. The van der Waals surface area contributed by atoms with Gasteiger partial charge in [0, 0.05) is 19.6 Å². The molecule has 1 aromatic heterocycles. The van der Waals surface area contributed by atoms with Crippen LogP contribution < -0.4 is 9.62 Å². The van der Waals surface area contributed by atoms with E-state index in [2.05, 4.69) is 19.8 Å². The second kappa shape index (κ2) is 8.09. The molecular weight excluding hydrogens is 355 g/mol. The number of aromatic nitrogens is 2. The van der Waals surface area contributed by atoms with Crippen LogP contribution in [-0.2, 0) is 15.8 Å². The van der Waals surface area contributed by atoms with E-state index < -0.39 is 15.8 Å². The predicted molar refractivity (Wildman–Crippen MR) is 98.7 cm³/mol. The maximum Gasteiger partial charge on any atom is 0.215 e. The number of piperidine rings is 1. The lowest BCUT2D eigenvalue weighted by Crippen LogP contribution is -2.39. The van der Waals surface area contributed by atoms with E-state index in [4.69, 9.17) is 0 Å². The Morgan fingerprint density at radius 2 is 1.96 bits per heavy atom. The Morgan fingerprint density at radius 3 is 2.62 bits per heavy atom. The molecule has 8 heteroatoms. The number of nitrogens with one attached hydrogen (secondary N) is 1. The first-order valence-electron chi connectivity index (χ1n) is 8.68. The third-order valence-electron chi connectivity index (χ3n) is 4.56. The zero-order valence-electron chi connectivity index (χ0n) is 14.7. The molecule has 1 aliphatic heterocycles. The van der Waals surface area contributed by atoms with Crippen LogP contribution >= 0.6 is 0 Å². The number of aryl methyl sites for hydroxylation is 1. The monoisotopic (exact) mass is 378 g/mol. The van der Waals surface area contributed by atoms with Gasteiger partial charge in [-0.3, -0.25) is 0 Å². The molecular formula is C18H23FN4O2S. The van der Waals surface area contributed by atoms with Gasteiger partial charge >= 0.3 is 0 Å². The highest BCUT2D eigenvalue weighted by Gasteiger charge is 2.22. The van der Waals surface area contributed by atoms with Crippen LogP contribution in [0.4, 0.5) is 10.2 Å². The van der Waals surface area contributed by atoms with Crippen molar-refractivity contribution in [2.45, 2.75) is 25.5 Å². The summed E-state index contributed by atoms with van der Waals surface area (Å²) in [5, 5.41) is 8.28. The van der Waals surface area contributed by atoms with Gasteiger partial charge in [0.15, 0.2) is 5.82 Å². The summed E-state index contributed by atoms with van der Waals surface area (Å²) in [4.78, 5) is 2.17. The van der Waals surface area contributed by atoms with Gasteiger partial charge in [0.2, 0.25) is 10.0 Å². The number of hydrogen-bond donors (Lipinski definition) is 1. The van der Waals surface area contributed by atoms with Gasteiger partial charge in [0.1, 0.15) is 5.82 Å². The minimum Gasteiger partial charge on any atom is -0.355 e. The van der Waals surface area contributed by atoms with Crippen LogP contribution in [0.3, 0.4) is 0 Å². The highest BCUT2D eigenvalue weighted by atomic mass is 32.2. The number of rotatable bonds is 6. The van der Waals surface area contributed by atoms with Crippen molar-refractivity contribution < 1.29 is 12.8 Å². The summed E-state index contributed by atoms with van der Waals surface area (Å²) in [7, 11) is -3.47. The highest BCUT2D eigenvalue weighted by molar-refractivity contribution is 7.88. The molecule has 1 fully saturated rings. The number of sulfonamides is 1. The van der Waals surface area contributed by atoms with Gasteiger partial charge in [0.05, 0.1) is 11.4 Å². The zero-order valence-corrected chi connectivity index (χ0v) is 15.5. The molecule has 0 spiro atoms. The van der Waals surface area contributed by atoms with Gasteiger partial charge in [-0.1, -0.05) is 12.1 Å². The first-order chi connectivity index (χ1) is 12.4. The van der Waals surface area contributed by atoms with Crippen molar-refractivity contribution >= 4 is 15.8 Å². The molecule has 140 valence electrons. The van der Waals surface area contributed by atoms with Crippen LogP contribution in [0.2, 0.25) is 0 Å². The normalized spacial score (nSPS) is 16.0. The van der Waals surface area contributed by atoms with E-state index in [9.17, 15) is 12.8 Å². The number of benzene rings is 1. The van der Waals surface area contributed by atoms with Crippen LogP contribution in [0.5, 0.6) is 0 Å². The molecule has 0 aliphatic carbocycles. The quantitative estimate of drug-likeness (QED) is 0.835. The topological polar surface area (TPSA) is 75.2 Å². The van der Waals surface area contributed by atoms with Gasteiger partial charge in [-0.15, -0.1) is 5.10 Å². The Bertz CT molecular complexity index is 835. The fraction of sp³-hybridized carbons (Fsp3) is 0.444. The molecule has 1 aliphatic rings. The lowest BCUT2D eigenvalue weighted by atomic mass is 9.97. The minimum absolute atomic E-state index is 0.206. The molecule has 0 saturated carbocycles. The Balaban J connectivity index is 1.47. The van der Waals surface area contributed by atoms with Crippen molar-refractivity contribution in [1.82, 2.24) is 14.9 Å². The van der Waals surface area contributed by atoms with Gasteiger partial charge in [-0.2, -0.15) is 5.10 Å². The molecule has 0 bridgehead atoms. The van der Waals surface area contributed by atoms with Crippen molar-refractivity contribution in [3.05, 3.63) is 53.5 Å². The maximum atomic E-state index is 13.2. The molecule has 0 amide bonds. The minimum atomic E-state index is -3.47. The number of anilines is 1. The maximum absolute atomic E-state index is 13.2. The number of hydrogen-bond acceptors (Lipinski definition) is 5. The predicted octanol–water partition coefficient (Wildman–Crippen LogP) is 2.26. The molecule has 3 rings (SSSR count). The van der Waals surface area contributed by atoms with Crippen LogP contribution in [0, 0.1) is 18.7 Å². The first-order valence-corrected chi connectivity index (χ1v) is 10.3. The summed E-state index contributed by atoms with van der Waals surface area (Å²) >= 11 is 0. The molecule has 0 atom stereocenters. The fourth-order valence-electron chi connectivity index (χ4n) is 3.07. The smallest absolute Gasteiger partial charge is 0.215 e. The van der Waals surface area contributed by atoms with Gasteiger partial charge in [-0.05, 0) is 55.5 Å². The third-order valence-corrected chi connectivity index (χ3v) is 5.88. The van der Waals surface area contributed by atoms with Gasteiger partial charge < -0.3 is 4.90 Å². The highest BCUT2D eigenvalue weighted by Crippen LogP contribution is 2.21. The molecule has 0 radical (unpaired) electrons. The van der Waals surface area contributed by atoms with Crippen LogP contribution in [0.1, 0.15) is 24.1 Å². The van der Waals surface area contributed by atoms with E-state index >= 15 is 0 Å². The molecule has 1 saturated heterocycles. The van der Waals surface area contributed by atoms with E-state index in [1.807, 2.05) is 19.1 Å². The molecule has 2 aromatic rings. The van der Waals surface area contributed by atoms with Crippen molar-refractivity contribution in [2.75, 3.05) is 24.5 Å². The fourth-order valence-corrected chi connectivity index (χ4v) is 4.28. The Morgan fingerprint density at radius 1 is 1.19 bits per heavy atom. The summed E-state index contributed by atoms with van der Waals surface area (Å²) in [6.07, 6.45) is 1.77.